The number of carbonyl (C=O) groups excluding carboxylic acids is 1. The lowest BCUT2D eigenvalue weighted by atomic mass is 10.3. The zero-order chi connectivity index (χ0) is 15.4. The van der Waals surface area contributed by atoms with Crippen molar-refractivity contribution < 1.29 is 26.3 Å². The number of aryl methyl sites for hydroxylation is 2. The van der Waals surface area contributed by atoms with Gasteiger partial charge in [-0.25, -0.2) is 9.55 Å². The molecule has 3 heterocycles. The fourth-order valence-corrected chi connectivity index (χ4v) is 3.45. The van der Waals surface area contributed by atoms with Crippen molar-refractivity contribution in [3.63, 3.8) is 0 Å². The zero-order valence-corrected chi connectivity index (χ0v) is 15.7. The number of anilines is 1. The Morgan fingerprint density at radius 2 is 2.04 bits per heavy atom. The Morgan fingerprint density at radius 1 is 1.26 bits per heavy atom. The monoisotopic (exact) mass is 409 g/mol. The molecule has 0 saturated heterocycles. The third-order valence-electron chi connectivity index (χ3n) is 3.18. The van der Waals surface area contributed by atoms with Gasteiger partial charge in [-0.05, 0) is 23.9 Å². The summed E-state index contributed by atoms with van der Waals surface area (Å²) < 4.78 is 2.01. The molecule has 0 aliphatic rings. The minimum absolute atomic E-state index is 0. The van der Waals surface area contributed by atoms with Gasteiger partial charge in [-0.3, -0.25) is 4.79 Å². The molecule has 0 radical (unpaired) electrons. The zero-order valence-electron chi connectivity index (χ0n) is 12.5. The number of nitrogens with zero attached hydrogens (tertiary/aromatic N) is 2. The van der Waals surface area contributed by atoms with Gasteiger partial charge in [0, 0.05) is 17.5 Å². The second kappa shape index (κ2) is 8.33. The molecule has 0 fully saturated rings. The van der Waals surface area contributed by atoms with Crippen LogP contribution in [0.5, 0.6) is 0 Å². The molecule has 0 aromatic carbocycles. The van der Waals surface area contributed by atoms with E-state index in [0.29, 0.717) is 18.1 Å². The molecule has 120 valence electrons. The van der Waals surface area contributed by atoms with Crippen molar-refractivity contribution in [2.75, 3.05) is 5.32 Å². The molecule has 3 rings (SSSR count). The van der Waals surface area contributed by atoms with Crippen LogP contribution in [0.25, 0.3) is 10.6 Å². The van der Waals surface area contributed by atoms with E-state index in [4.69, 9.17) is 0 Å². The predicted octanol–water partition coefficient (Wildman–Crippen LogP) is 0.500. The molecule has 0 bridgehead atoms. The minimum atomic E-state index is -0.0137. The highest BCUT2D eigenvalue weighted by Crippen LogP contribution is 2.28. The number of rotatable bonds is 5. The van der Waals surface area contributed by atoms with E-state index in [-0.39, 0.29) is 22.9 Å². The van der Waals surface area contributed by atoms with Crippen molar-refractivity contribution >= 4 is 33.7 Å². The molecule has 0 aliphatic carbocycles. The molecule has 0 unspecified atom stereocenters. The van der Waals surface area contributed by atoms with Crippen LogP contribution in [-0.2, 0) is 11.3 Å². The average molecular weight is 410 g/mol. The smallest absolute Gasteiger partial charge is 0.232 e. The van der Waals surface area contributed by atoms with Crippen LogP contribution in [0.2, 0.25) is 0 Å². The molecular formula is C16H16BrN3OS2. The summed E-state index contributed by atoms with van der Waals surface area (Å²) in [5.74, 6) is -0.0137. The van der Waals surface area contributed by atoms with Gasteiger partial charge >= 0.3 is 0 Å². The Hall–Kier alpha value is -1.57. The Labute approximate surface area is 153 Å². The van der Waals surface area contributed by atoms with Gasteiger partial charge in [0.15, 0.2) is 24.1 Å². The number of thiophene rings is 1. The van der Waals surface area contributed by atoms with Gasteiger partial charge in [-0.15, -0.1) is 22.7 Å². The molecule has 4 nitrogen and oxygen atoms in total. The van der Waals surface area contributed by atoms with Crippen molar-refractivity contribution in [2.24, 2.45) is 0 Å². The second-order valence-corrected chi connectivity index (χ2v) is 6.73. The normalized spacial score (nSPS) is 10.1. The molecule has 0 aliphatic heterocycles. The SMILES string of the molecule is Cc1cc[n+](CCC(=O)Nc2nc(-c3cccs3)cs2)cc1.[Br-]. The Balaban J connectivity index is 0.00000192. The van der Waals surface area contributed by atoms with Crippen molar-refractivity contribution in [1.82, 2.24) is 4.98 Å². The van der Waals surface area contributed by atoms with E-state index in [9.17, 15) is 4.79 Å². The molecular weight excluding hydrogens is 394 g/mol. The van der Waals surface area contributed by atoms with Crippen molar-refractivity contribution in [2.45, 2.75) is 19.9 Å². The fraction of sp³-hybridized carbons (Fsp3) is 0.188. The number of hydrogen-bond acceptors (Lipinski definition) is 4. The van der Waals surface area contributed by atoms with Gasteiger partial charge < -0.3 is 22.3 Å². The summed E-state index contributed by atoms with van der Waals surface area (Å²) in [4.78, 5) is 17.6. The number of hydrogen-bond donors (Lipinski definition) is 1. The molecule has 23 heavy (non-hydrogen) atoms. The summed E-state index contributed by atoms with van der Waals surface area (Å²) in [7, 11) is 0. The molecule has 3 aromatic rings. The van der Waals surface area contributed by atoms with Crippen LogP contribution < -0.4 is 26.9 Å². The first-order chi connectivity index (χ1) is 10.7. The summed E-state index contributed by atoms with van der Waals surface area (Å²) in [6.07, 6.45) is 4.41. The van der Waals surface area contributed by atoms with Crippen LogP contribution in [0.3, 0.4) is 0 Å². The van der Waals surface area contributed by atoms with E-state index in [1.807, 2.05) is 58.9 Å². The Morgan fingerprint density at radius 3 is 2.74 bits per heavy atom. The Bertz CT molecular complexity index is 754. The third kappa shape index (κ3) is 4.95. The molecule has 1 N–H and O–H groups in total. The first-order valence-corrected chi connectivity index (χ1v) is 8.71. The maximum Gasteiger partial charge on any atom is 0.232 e. The topological polar surface area (TPSA) is 45.9 Å². The van der Waals surface area contributed by atoms with Gasteiger partial charge in [-0.1, -0.05) is 6.07 Å². The quantitative estimate of drug-likeness (QED) is 0.623. The summed E-state index contributed by atoms with van der Waals surface area (Å²) in [6, 6.07) is 8.09. The number of carbonyl (C=O) groups is 1. The molecule has 0 saturated carbocycles. The van der Waals surface area contributed by atoms with Crippen LogP contribution >= 0.6 is 22.7 Å². The lowest BCUT2D eigenvalue weighted by Gasteiger charge is -2.00. The minimum Gasteiger partial charge on any atom is -1.00 e. The van der Waals surface area contributed by atoms with E-state index in [0.717, 1.165) is 10.6 Å². The summed E-state index contributed by atoms with van der Waals surface area (Å²) in [6.45, 7) is 2.71. The molecule has 1 amide bonds. The highest BCUT2D eigenvalue weighted by atomic mass is 79.9. The van der Waals surface area contributed by atoms with Crippen molar-refractivity contribution in [1.29, 1.82) is 0 Å². The van der Waals surface area contributed by atoms with Crippen LogP contribution in [0.4, 0.5) is 5.13 Å². The Kier molecular flexibility index (Phi) is 6.44. The van der Waals surface area contributed by atoms with Gasteiger partial charge in [0.1, 0.15) is 0 Å². The predicted molar refractivity (Wildman–Crippen MR) is 90.0 cm³/mol. The standard InChI is InChI=1S/C16H15N3OS2.BrH/c1-12-4-7-19(8-5-12)9-6-15(20)18-16-17-13(11-22-16)14-3-2-10-21-14;/h2-5,7-8,10-11H,6,9H2,1H3;1H. The summed E-state index contributed by atoms with van der Waals surface area (Å²) in [5, 5.41) is 7.51. The number of pyridine rings is 1. The first-order valence-electron chi connectivity index (χ1n) is 6.96. The number of amides is 1. The van der Waals surface area contributed by atoms with Crippen molar-refractivity contribution in [3.8, 4) is 10.6 Å². The van der Waals surface area contributed by atoms with E-state index in [1.54, 1.807) is 11.3 Å². The van der Waals surface area contributed by atoms with E-state index < -0.39 is 0 Å². The van der Waals surface area contributed by atoms with Crippen LogP contribution in [-0.4, -0.2) is 10.9 Å². The van der Waals surface area contributed by atoms with Crippen LogP contribution in [0.15, 0.2) is 47.4 Å². The molecule has 0 spiro atoms. The van der Waals surface area contributed by atoms with Crippen LogP contribution in [0.1, 0.15) is 12.0 Å². The number of thiazole rings is 1. The number of nitrogens with one attached hydrogen (secondary N) is 1. The van der Waals surface area contributed by atoms with Gasteiger partial charge in [0.25, 0.3) is 0 Å². The third-order valence-corrected chi connectivity index (χ3v) is 4.83. The van der Waals surface area contributed by atoms with E-state index in [2.05, 4.69) is 10.3 Å². The largest absolute Gasteiger partial charge is 1.00 e. The number of aromatic nitrogens is 2. The highest BCUT2D eigenvalue weighted by molar-refractivity contribution is 7.16. The summed E-state index contributed by atoms with van der Waals surface area (Å²) in [5.41, 5.74) is 2.13. The summed E-state index contributed by atoms with van der Waals surface area (Å²) >= 11 is 3.10. The molecule has 7 heteroatoms. The number of halogens is 1. The van der Waals surface area contributed by atoms with Crippen molar-refractivity contribution in [3.05, 3.63) is 53.0 Å². The first kappa shape index (κ1) is 17.8. The maximum atomic E-state index is 12.0. The maximum absolute atomic E-state index is 12.0. The fourth-order valence-electron chi connectivity index (χ4n) is 1.96. The van der Waals surface area contributed by atoms with E-state index in [1.165, 1.54) is 16.9 Å². The molecule has 3 aromatic heterocycles. The second-order valence-electron chi connectivity index (χ2n) is 4.93. The lowest BCUT2D eigenvalue weighted by Crippen LogP contribution is -3.00. The average Bonchev–Trinajstić information content (AvgIpc) is 3.17. The van der Waals surface area contributed by atoms with Gasteiger partial charge in [0.2, 0.25) is 5.91 Å². The lowest BCUT2D eigenvalue weighted by molar-refractivity contribution is -0.695. The van der Waals surface area contributed by atoms with E-state index >= 15 is 0 Å². The van der Waals surface area contributed by atoms with Crippen LogP contribution in [0, 0.1) is 6.92 Å². The highest BCUT2D eigenvalue weighted by Gasteiger charge is 2.10. The van der Waals surface area contributed by atoms with Gasteiger partial charge in [0.05, 0.1) is 17.0 Å². The van der Waals surface area contributed by atoms with Gasteiger partial charge in [-0.2, -0.15) is 0 Å². The molecule has 0 atom stereocenters.